The molecule has 0 amide bonds. The van der Waals surface area contributed by atoms with Gasteiger partial charge in [0, 0.05) is 30.2 Å². The van der Waals surface area contributed by atoms with Crippen LogP contribution in [0.25, 0.3) is 0 Å². The van der Waals surface area contributed by atoms with Crippen molar-refractivity contribution in [1.82, 2.24) is 0 Å². The van der Waals surface area contributed by atoms with Gasteiger partial charge in [0.25, 0.3) is 0 Å². The van der Waals surface area contributed by atoms with Crippen LogP contribution in [0.4, 0.5) is 0 Å². The summed E-state index contributed by atoms with van der Waals surface area (Å²) in [6.45, 7) is 0. The summed E-state index contributed by atoms with van der Waals surface area (Å²) >= 11 is 11.8. The number of carbonyl (C=O) groups is 4. The molecule has 0 spiro atoms. The zero-order valence-corrected chi connectivity index (χ0v) is 20.2. The number of halogens is 2. The number of benzene rings is 2. The number of ether oxygens (including phenoxy) is 2. The SMILES string of the molecule is COC(=O)C(CC(=O)c1ccc(S(C)(=O)=O)cc1)(CC(=O)c1ccc(Cl)c(Cl)c1)C(=O)OC. The minimum Gasteiger partial charge on any atom is -0.468 e. The number of hydrogen-bond acceptors (Lipinski definition) is 8. The van der Waals surface area contributed by atoms with Crippen molar-refractivity contribution in [2.24, 2.45) is 5.41 Å². The minimum absolute atomic E-state index is 0.0129. The summed E-state index contributed by atoms with van der Waals surface area (Å²) in [5.41, 5.74) is -2.19. The van der Waals surface area contributed by atoms with Crippen molar-refractivity contribution < 1.29 is 37.1 Å². The number of carbonyl (C=O) groups excluding carboxylic acids is 4. The van der Waals surface area contributed by atoms with Gasteiger partial charge < -0.3 is 9.47 Å². The lowest BCUT2D eigenvalue weighted by atomic mass is 9.76. The van der Waals surface area contributed by atoms with Crippen molar-refractivity contribution in [2.75, 3.05) is 20.5 Å². The van der Waals surface area contributed by atoms with Gasteiger partial charge in [-0.25, -0.2) is 8.42 Å². The Morgan fingerprint density at radius 2 is 1.24 bits per heavy atom. The number of methoxy groups -OCH3 is 2. The molecule has 11 heteroatoms. The Labute approximate surface area is 200 Å². The van der Waals surface area contributed by atoms with Gasteiger partial charge in [0.2, 0.25) is 0 Å². The third kappa shape index (κ3) is 5.98. The minimum atomic E-state index is -3.49. The summed E-state index contributed by atoms with van der Waals surface area (Å²) in [5, 5.41) is 0.291. The van der Waals surface area contributed by atoms with E-state index >= 15 is 0 Å². The summed E-state index contributed by atoms with van der Waals surface area (Å²) in [5.74, 6) is -3.65. The maximum absolute atomic E-state index is 13.0. The van der Waals surface area contributed by atoms with Gasteiger partial charge in [0.15, 0.2) is 26.8 Å². The van der Waals surface area contributed by atoms with Crippen molar-refractivity contribution >= 4 is 56.5 Å². The highest BCUT2D eigenvalue weighted by atomic mass is 35.5. The van der Waals surface area contributed by atoms with E-state index in [2.05, 4.69) is 0 Å². The van der Waals surface area contributed by atoms with Crippen LogP contribution in [0, 0.1) is 5.41 Å². The Morgan fingerprint density at radius 1 is 0.788 bits per heavy atom. The molecule has 33 heavy (non-hydrogen) atoms. The summed E-state index contributed by atoms with van der Waals surface area (Å²) in [4.78, 5) is 51.3. The van der Waals surface area contributed by atoms with Crippen molar-refractivity contribution in [3.8, 4) is 0 Å². The third-order valence-corrected chi connectivity index (χ3v) is 6.79. The molecule has 0 radical (unpaired) electrons. The molecule has 2 aromatic rings. The molecule has 0 aromatic heterocycles. The number of esters is 2. The van der Waals surface area contributed by atoms with Crippen LogP contribution in [-0.2, 0) is 28.9 Å². The van der Waals surface area contributed by atoms with E-state index in [4.69, 9.17) is 32.7 Å². The summed E-state index contributed by atoms with van der Waals surface area (Å²) < 4.78 is 32.8. The Hall–Kier alpha value is -2.75. The van der Waals surface area contributed by atoms with Crippen molar-refractivity contribution in [2.45, 2.75) is 17.7 Å². The van der Waals surface area contributed by atoms with Crippen LogP contribution in [0.5, 0.6) is 0 Å². The molecule has 0 heterocycles. The van der Waals surface area contributed by atoms with E-state index in [1.165, 1.54) is 42.5 Å². The van der Waals surface area contributed by atoms with Crippen LogP contribution in [-0.4, -0.2) is 52.4 Å². The Morgan fingerprint density at radius 3 is 1.67 bits per heavy atom. The first kappa shape index (κ1) is 26.5. The highest BCUT2D eigenvalue weighted by Gasteiger charge is 2.51. The number of sulfone groups is 1. The van der Waals surface area contributed by atoms with Gasteiger partial charge in [-0.2, -0.15) is 0 Å². The van der Waals surface area contributed by atoms with Gasteiger partial charge in [-0.3, -0.25) is 19.2 Å². The first-order valence-electron chi connectivity index (χ1n) is 9.34. The van der Waals surface area contributed by atoms with Crippen LogP contribution in [0.2, 0.25) is 10.0 Å². The second-order valence-corrected chi connectivity index (χ2v) is 10.0. The number of hydrogen-bond donors (Lipinski definition) is 0. The molecule has 176 valence electrons. The quantitative estimate of drug-likeness (QED) is 0.282. The molecule has 0 aliphatic rings. The Bertz CT molecular complexity index is 1190. The van der Waals surface area contributed by atoms with E-state index in [-0.39, 0.29) is 26.1 Å². The van der Waals surface area contributed by atoms with Gasteiger partial charge in [-0.1, -0.05) is 35.3 Å². The first-order valence-corrected chi connectivity index (χ1v) is 12.0. The van der Waals surface area contributed by atoms with Crippen LogP contribution in [0.1, 0.15) is 33.6 Å². The van der Waals surface area contributed by atoms with E-state index in [1.54, 1.807) is 0 Å². The van der Waals surface area contributed by atoms with Crippen molar-refractivity contribution in [1.29, 1.82) is 0 Å². The van der Waals surface area contributed by atoms with E-state index in [0.717, 1.165) is 20.5 Å². The maximum atomic E-state index is 13.0. The highest BCUT2D eigenvalue weighted by molar-refractivity contribution is 7.90. The average Bonchev–Trinajstić information content (AvgIpc) is 2.78. The molecule has 0 saturated heterocycles. The first-order chi connectivity index (χ1) is 15.4. The van der Waals surface area contributed by atoms with E-state index in [0.29, 0.717) is 0 Å². The molecule has 8 nitrogen and oxygen atoms in total. The molecule has 2 rings (SSSR count). The maximum Gasteiger partial charge on any atom is 0.324 e. The van der Waals surface area contributed by atoms with Gasteiger partial charge in [0.1, 0.15) is 0 Å². The molecular weight excluding hydrogens is 495 g/mol. The summed E-state index contributed by atoms with van der Waals surface area (Å²) in [7, 11) is -1.47. The molecule has 0 unspecified atom stereocenters. The molecule has 0 fully saturated rings. The Kier molecular flexibility index (Phi) is 8.40. The summed E-state index contributed by atoms with van der Waals surface area (Å²) in [6.07, 6.45) is -0.479. The second-order valence-electron chi connectivity index (χ2n) is 7.19. The highest BCUT2D eigenvalue weighted by Crippen LogP contribution is 2.34. The van der Waals surface area contributed by atoms with Crippen molar-refractivity contribution in [3.63, 3.8) is 0 Å². The molecule has 0 aliphatic heterocycles. The molecule has 0 aliphatic carbocycles. The average molecular weight is 515 g/mol. The van der Waals surface area contributed by atoms with Crippen LogP contribution in [0.3, 0.4) is 0 Å². The lowest BCUT2D eigenvalue weighted by molar-refractivity contribution is -0.168. The molecular formula is C22H20Cl2O8S. The largest absolute Gasteiger partial charge is 0.468 e. The number of ketones is 2. The predicted molar refractivity (Wildman–Crippen MR) is 120 cm³/mol. The van der Waals surface area contributed by atoms with Gasteiger partial charge in [-0.05, 0) is 30.3 Å². The number of Topliss-reactive ketones (excluding diaryl/α,β-unsaturated/α-hetero) is 2. The number of rotatable bonds is 9. The predicted octanol–water partition coefficient (Wildman–Crippen LogP) is 3.58. The normalized spacial score (nSPS) is 11.5. The third-order valence-electron chi connectivity index (χ3n) is 4.92. The molecule has 0 N–H and O–H groups in total. The monoisotopic (exact) mass is 514 g/mol. The zero-order valence-electron chi connectivity index (χ0n) is 17.9. The standard InChI is InChI=1S/C22H20Cl2O8S/c1-31-20(27)22(21(28)32-2,12-19(26)14-6-9-16(23)17(24)10-14)11-18(25)13-4-7-15(8-5-13)33(3,29)30/h4-10H,11-12H2,1-3H3. The fourth-order valence-corrected chi connectivity index (χ4v) is 4.06. The lowest BCUT2D eigenvalue weighted by Gasteiger charge is -2.27. The molecule has 0 saturated carbocycles. The topological polar surface area (TPSA) is 121 Å². The lowest BCUT2D eigenvalue weighted by Crippen LogP contribution is -2.44. The fraction of sp³-hybridized carbons (Fsp3) is 0.273. The van der Waals surface area contributed by atoms with E-state index < -0.39 is 51.6 Å². The Balaban J connectivity index is 2.47. The zero-order chi connectivity index (χ0) is 25.0. The van der Waals surface area contributed by atoms with Crippen LogP contribution >= 0.6 is 23.2 Å². The van der Waals surface area contributed by atoms with Crippen LogP contribution < -0.4 is 0 Å². The summed E-state index contributed by atoms with van der Waals surface area (Å²) in [6, 6.07) is 8.96. The van der Waals surface area contributed by atoms with Crippen molar-refractivity contribution in [3.05, 3.63) is 63.6 Å². The van der Waals surface area contributed by atoms with Gasteiger partial charge in [-0.15, -0.1) is 0 Å². The van der Waals surface area contributed by atoms with E-state index in [1.807, 2.05) is 0 Å². The second kappa shape index (κ2) is 10.5. The smallest absolute Gasteiger partial charge is 0.324 e. The fourth-order valence-electron chi connectivity index (χ4n) is 3.14. The van der Waals surface area contributed by atoms with Crippen LogP contribution in [0.15, 0.2) is 47.4 Å². The molecule has 0 atom stereocenters. The molecule has 2 aromatic carbocycles. The molecule has 0 bridgehead atoms. The van der Waals surface area contributed by atoms with Gasteiger partial charge in [0.05, 0.1) is 29.2 Å². The van der Waals surface area contributed by atoms with E-state index in [9.17, 15) is 27.6 Å². The van der Waals surface area contributed by atoms with Gasteiger partial charge >= 0.3 is 11.9 Å².